The fourth-order valence-electron chi connectivity index (χ4n) is 3.80. The van der Waals surface area contributed by atoms with Crippen LogP contribution in [-0.4, -0.2) is 42.0 Å². The molecule has 1 atom stereocenters. The van der Waals surface area contributed by atoms with Crippen molar-refractivity contribution in [3.05, 3.63) is 52.3 Å². The normalized spacial score (nSPS) is 16.4. The lowest BCUT2D eigenvalue weighted by Crippen LogP contribution is -2.31. The van der Waals surface area contributed by atoms with Crippen molar-refractivity contribution in [2.75, 3.05) is 20.3 Å². The van der Waals surface area contributed by atoms with Crippen molar-refractivity contribution >= 4 is 11.9 Å². The number of hydrogen-bond acceptors (Lipinski definition) is 4. The number of esters is 1. The number of carbonyl (C=O) groups excluding carboxylic acids is 2. The van der Waals surface area contributed by atoms with Crippen LogP contribution in [0.4, 0.5) is 0 Å². The molecule has 1 N–H and O–H groups in total. The van der Waals surface area contributed by atoms with Gasteiger partial charge in [0.05, 0.1) is 25.3 Å². The van der Waals surface area contributed by atoms with E-state index in [4.69, 9.17) is 9.47 Å². The van der Waals surface area contributed by atoms with E-state index in [-0.39, 0.29) is 11.9 Å². The van der Waals surface area contributed by atoms with Crippen LogP contribution in [0, 0.1) is 13.8 Å². The van der Waals surface area contributed by atoms with E-state index in [9.17, 15) is 9.59 Å². The van der Waals surface area contributed by atoms with Crippen LogP contribution in [0.5, 0.6) is 5.75 Å². The number of nitrogens with one attached hydrogen (secondary N) is 1. The third-order valence-electron chi connectivity index (χ3n) is 5.15. The topological polar surface area (TPSA) is 71.6 Å². The molecule has 0 radical (unpaired) electrons. The van der Waals surface area contributed by atoms with Crippen LogP contribution >= 0.6 is 0 Å². The molecule has 1 aromatic carbocycles. The first kappa shape index (κ1) is 19.0. The van der Waals surface area contributed by atoms with Crippen LogP contribution in [0.25, 0.3) is 0 Å². The molecule has 2 aromatic rings. The lowest BCUT2D eigenvalue weighted by atomic mass is 10.0. The van der Waals surface area contributed by atoms with E-state index in [1.807, 2.05) is 29.2 Å². The molecule has 1 amide bonds. The highest BCUT2D eigenvalue weighted by atomic mass is 16.5. The summed E-state index contributed by atoms with van der Waals surface area (Å²) >= 11 is 0. The Kier molecular flexibility index (Phi) is 5.54. The Morgan fingerprint density at radius 2 is 1.93 bits per heavy atom. The Labute approximate surface area is 159 Å². The molecule has 6 nitrogen and oxygen atoms in total. The number of nitrogens with zero attached hydrogens (tertiary/aromatic N) is 1. The number of methoxy groups -OCH3 is 1. The number of likely N-dealkylation sites (tertiary alicyclic amines) is 1. The smallest absolute Gasteiger partial charge is 0.340 e. The van der Waals surface area contributed by atoms with Crippen molar-refractivity contribution in [1.82, 2.24) is 9.88 Å². The number of aromatic nitrogens is 1. The fourth-order valence-corrected chi connectivity index (χ4v) is 3.80. The van der Waals surface area contributed by atoms with Gasteiger partial charge < -0.3 is 19.4 Å². The minimum Gasteiger partial charge on any atom is -0.497 e. The number of aromatic amines is 1. The van der Waals surface area contributed by atoms with E-state index in [0.29, 0.717) is 35.7 Å². The number of aryl methyl sites for hydroxylation is 1. The van der Waals surface area contributed by atoms with Crippen molar-refractivity contribution in [1.29, 1.82) is 0 Å². The zero-order valence-corrected chi connectivity index (χ0v) is 16.3. The number of ether oxygens (including phenoxy) is 2. The summed E-state index contributed by atoms with van der Waals surface area (Å²) in [4.78, 5) is 30.4. The molecule has 0 spiro atoms. The van der Waals surface area contributed by atoms with Gasteiger partial charge in [-0.15, -0.1) is 0 Å². The van der Waals surface area contributed by atoms with Gasteiger partial charge in [0.1, 0.15) is 11.4 Å². The quantitative estimate of drug-likeness (QED) is 0.813. The second-order valence-corrected chi connectivity index (χ2v) is 6.78. The molecule has 1 saturated heterocycles. The standard InChI is InChI=1S/C21H26N2O4/c1-5-27-21(25)18-13(2)19(22-14(18)3)20(24)23-12-6-7-17(23)15-8-10-16(26-4)11-9-15/h8-11,17,22H,5-7,12H2,1-4H3. The van der Waals surface area contributed by atoms with Gasteiger partial charge in [0.25, 0.3) is 5.91 Å². The van der Waals surface area contributed by atoms with Crippen LogP contribution < -0.4 is 4.74 Å². The minimum absolute atomic E-state index is 0.0254. The third-order valence-corrected chi connectivity index (χ3v) is 5.15. The number of rotatable bonds is 5. The average Bonchev–Trinajstić information content (AvgIpc) is 3.26. The molecular formula is C21H26N2O4. The molecule has 0 bridgehead atoms. The van der Waals surface area contributed by atoms with Crippen LogP contribution in [0.2, 0.25) is 0 Å². The van der Waals surface area contributed by atoms with E-state index in [1.165, 1.54) is 0 Å². The van der Waals surface area contributed by atoms with E-state index < -0.39 is 5.97 Å². The number of H-pyrrole nitrogens is 1. The lowest BCUT2D eigenvalue weighted by molar-refractivity contribution is 0.0525. The summed E-state index contributed by atoms with van der Waals surface area (Å²) in [7, 11) is 1.64. The highest BCUT2D eigenvalue weighted by Gasteiger charge is 2.33. The van der Waals surface area contributed by atoms with Gasteiger partial charge in [0.2, 0.25) is 0 Å². The zero-order valence-electron chi connectivity index (χ0n) is 16.3. The summed E-state index contributed by atoms with van der Waals surface area (Å²) in [5.41, 5.74) is 3.33. The van der Waals surface area contributed by atoms with Gasteiger partial charge >= 0.3 is 5.97 Å². The average molecular weight is 370 g/mol. The monoisotopic (exact) mass is 370 g/mol. The maximum absolute atomic E-state index is 13.2. The van der Waals surface area contributed by atoms with Gasteiger partial charge in [0.15, 0.2) is 0 Å². The molecule has 6 heteroatoms. The van der Waals surface area contributed by atoms with Gasteiger partial charge in [-0.05, 0) is 56.9 Å². The van der Waals surface area contributed by atoms with E-state index in [0.717, 1.165) is 24.2 Å². The third kappa shape index (κ3) is 3.56. The van der Waals surface area contributed by atoms with Crippen LogP contribution in [-0.2, 0) is 4.74 Å². The summed E-state index contributed by atoms with van der Waals surface area (Å²) in [5.74, 6) is 0.324. The molecule has 144 valence electrons. The Balaban J connectivity index is 1.88. The maximum atomic E-state index is 13.2. The Morgan fingerprint density at radius 3 is 2.56 bits per heavy atom. The van der Waals surface area contributed by atoms with E-state index >= 15 is 0 Å². The molecule has 27 heavy (non-hydrogen) atoms. The molecule has 2 heterocycles. The molecule has 1 unspecified atom stereocenters. The summed E-state index contributed by atoms with van der Waals surface area (Å²) in [6.45, 7) is 6.35. The molecule has 1 aliphatic rings. The Bertz CT molecular complexity index is 839. The second-order valence-electron chi connectivity index (χ2n) is 6.78. The number of carbonyl (C=O) groups is 2. The van der Waals surface area contributed by atoms with Crippen LogP contribution in [0.3, 0.4) is 0 Å². The van der Waals surface area contributed by atoms with Crippen molar-refractivity contribution in [3.8, 4) is 5.75 Å². The van der Waals surface area contributed by atoms with Gasteiger partial charge in [-0.25, -0.2) is 4.79 Å². The molecule has 1 aliphatic heterocycles. The van der Waals surface area contributed by atoms with Gasteiger partial charge in [-0.2, -0.15) is 0 Å². The summed E-state index contributed by atoms with van der Waals surface area (Å²) < 4.78 is 10.3. The lowest BCUT2D eigenvalue weighted by Gasteiger charge is -2.25. The molecule has 1 aromatic heterocycles. The van der Waals surface area contributed by atoms with Crippen molar-refractivity contribution in [2.24, 2.45) is 0 Å². The molecular weight excluding hydrogens is 344 g/mol. The number of amides is 1. The zero-order chi connectivity index (χ0) is 19.6. The van der Waals surface area contributed by atoms with Gasteiger partial charge in [-0.1, -0.05) is 12.1 Å². The van der Waals surface area contributed by atoms with Crippen molar-refractivity contribution in [3.63, 3.8) is 0 Å². The maximum Gasteiger partial charge on any atom is 0.340 e. The summed E-state index contributed by atoms with van der Waals surface area (Å²) in [5, 5.41) is 0. The highest BCUT2D eigenvalue weighted by Crippen LogP contribution is 2.34. The molecule has 3 rings (SSSR count). The van der Waals surface area contributed by atoms with Gasteiger partial charge in [0, 0.05) is 12.2 Å². The van der Waals surface area contributed by atoms with Crippen LogP contribution in [0.1, 0.15) is 63.5 Å². The molecule has 0 aliphatic carbocycles. The van der Waals surface area contributed by atoms with Crippen molar-refractivity contribution in [2.45, 2.75) is 39.7 Å². The first-order valence-electron chi connectivity index (χ1n) is 9.29. The molecule has 0 saturated carbocycles. The number of hydrogen-bond donors (Lipinski definition) is 1. The number of benzene rings is 1. The first-order valence-corrected chi connectivity index (χ1v) is 9.29. The predicted molar refractivity (Wildman–Crippen MR) is 102 cm³/mol. The largest absolute Gasteiger partial charge is 0.497 e. The Hall–Kier alpha value is -2.76. The predicted octanol–water partition coefficient (Wildman–Crippen LogP) is 3.79. The summed E-state index contributed by atoms with van der Waals surface area (Å²) in [6, 6.07) is 7.87. The minimum atomic E-state index is -0.393. The molecule has 1 fully saturated rings. The van der Waals surface area contributed by atoms with E-state index in [2.05, 4.69) is 4.98 Å². The second kappa shape index (κ2) is 7.86. The highest BCUT2D eigenvalue weighted by molar-refractivity contribution is 6.00. The Morgan fingerprint density at radius 1 is 1.22 bits per heavy atom. The fraction of sp³-hybridized carbons (Fsp3) is 0.429. The first-order chi connectivity index (χ1) is 13.0. The van der Waals surface area contributed by atoms with Crippen LogP contribution in [0.15, 0.2) is 24.3 Å². The van der Waals surface area contributed by atoms with Crippen molar-refractivity contribution < 1.29 is 19.1 Å². The van der Waals surface area contributed by atoms with E-state index in [1.54, 1.807) is 27.9 Å². The SMILES string of the molecule is CCOC(=O)c1c(C)[nH]c(C(=O)N2CCCC2c2ccc(OC)cc2)c1C. The summed E-state index contributed by atoms with van der Waals surface area (Å²) in [6.07, 6.45) is 1.87. The van der Waals surface area contributed by atoms with Gasteiger partial charge in [-0.3, -0.25) is 4.79 Å².